The van der Waals surface area contributed by atoms with Gasteiger partial charge in [0.15, 0.2) is 5.78 Å². The molecule has 1 aliphatic rings. The van der Waals surface area contributed by atoms with Crippen molar-refractivity contribution in [3.8, 4) is 0 Å². The van der Waals surface area contributed by atoms with E-state index in [0.717, 1.165) is 11.3 Å². The standard InChI is InChI=1S/C18H24N2O3/c1-3-17(22)20(13-16(21)15-7-5-4-6-8-15)18(23)19(2)12-11-14-9-10-14/h4-8,14H,3,9-13H2,1-2H3. The summed E-state index contributed by atoms with van der Waals surface area (Å²) in [5.74, 6) is 0.167. The van der Waals surface area contributed by atoms with Crippen molar-refractivity contribution < 1.29 is 14.4 Å². The number of amides is 3. The largest absolute Gasteiger partial charge is 0.327 e. The van der Waals surface area contributed by atoms with Crippen LogP contribution in [0.5, 0.6) is 0 Å². The lowest BCUT2D eigenvalue weighted by Crippen LogP contribution is -2.47. The predicted molar refractivity (Wildman–Crippen MR) is 88.1 cm³/mol. The molecule has 1 fully saturated rings. The minimum Gasteiger partial charge on any atom is -0.327 e. The second-order valence-corrected chi connectivity index (χ2v) is 6.06. The van der Waals surface area contributed by atoms with Crippen LogP contribution >= 0.6 is 0 Å². The summed E-state index contributed by atoms with van der Waals surface area (Å²) in [6.07, 6.45) is 3.62. The summed E-state index contributed by atoms with van der Waals surface area (Å²) >= 11 is 0. The zero-order valence-electron chi connectivity index (χ0n) is 13.8. The third kappa shape index (κ3) is 4.91. The maximum atomic E-state index is 12.5. The summed E-state index contributed by atoms with van der Waals surface area (Å²) in [4.78, 5) is 39.6. The van der Waals surface area contributed by atoms with Crippen molar-refractivity contribution in [2.24, 2.45) is 5.92 Å². The number of benzene rings is 1. The number of hydrogen-bond donors (Lipinski definition) is 0. The molecule has 0 aliphatic heterocycles. The van der Waals surface area contributed by atoms with Crippen LogP contribution in [0.1, 0.15) is 43.0 Å². The number of hydrogen-bond acceptors (Lipinski definition) is 3. The molecule has 23 heavy (non-hydrogen) atoms. The molecule has 0 radical (unpaired) electrons. The van der Waals surface area contributed by atoms with Crippen LogP contribution in [0, 0.1) is 5.92 Å². The number of nitrogens with zero attached hydrogens (tertiary/aromatic N) is 2. The van der Waals surface area contributed by atoms with E-state index in [9.17, 15) is 14.4 Å². The average Bonchev–Trinajstić information content (AvgIpc) is 3.41. The van der Waals surface area contributed by atoms with Gasteiger partial charge in [-0.05, 0) is 12.3 Å². The Bertz CT molecular complexity index is 567. The lowest BCUT2D eigenvalue weighted by Gasteiger charge is -2.26. The van der Waals surface area contributed by atoms with Crippen molar-refractivity contribution >= 4 is 17.7 Å². The molecule has 0 heterocycles. The van der Waals surface area contributed by atoms with Gasteiger partial charge in [0.1, 0.15) is 0 Å². The van der Waals surface area contributed by atoms with Gasteiger partial charge in [-0.25, -0.2) is 4.79 Å². The van der Waals surface area contributed by atoms with Gasteiger partial charge in [0.2, 0.25) is 5.91 Å². The van der Waals surface area contributed by atoms with Crippen LogP contribution in [-0.2, 0) is 4.79 Å². The zero-order chi connectivity index (χ0) is 16.8. The molecule has 1 saturated carbocycles. The number of urea groups is 1. The summed E-state index contributed by atoms with van der Waals surface area (Å²) < 4.78 is 0. The Balaban J connectivity index is 2.01. The fourth-order valence-electron chi connectivity index (χ4n) is 2.40. The van der Waals surface area contributed by atoms with E-state index < -0.39 is 0 Å². The molecule has 1 aromatic rings. The third-order valence-corrected chi connectivity index (χ3v) is 4.13. The maximum absolute atomic E-state index is 12.5. The van der Waals surface area contributed by atoms with E-state index in [0.29, 0.717) is 18.0 Å². The van der Waals surface area contributed by atoms with E-state index >= 15 is 0 Å². The van der Waals surface area contributed by atoms with Crippen LogP contribution in [0.3, 0.4) is 0 Å². The van der Waals surface area contributed by atoms with Crippen molar-refractivity contribution in [1.29, 1.82) is 0 Å². The van der Waals surface area contributed by atoms with Crippen molar-refractivity contribution in [3.05, 3.63) is 35.9 Å². The number of carbonyl (C=O) groups is 3. The molecule has 0 atom stereocenters. The van der Waals surface area contributed by atoms with E-state index in [2.05, 4.69) is 0 Å². The normalized spacial score (nSPS) is 13.5. The van der Waals surface area contributed by atoms with Crippen LogP contribution in [0.25, 0.3) is 0 Å². The van der Waals surface area contributed by atoms with Crippen LogP contribution in [-0.4, -0.2) is 47.7 Å². The molecule has 1 aliphatic carbocycles. The first-order valence-electron chi connectivity index (χ1n) is 8.16. The van der Waals surface area contributed by atoms with Gasteiger partial charge in [-0.15, -0.1) is 0 Å². The Morgan fingerprint density at radius 1 is 1.13 bits per heavy atom. The van der Waals surface area contributed by atoms with Crippen LogP contribution < -0.4 is 0 Å². The Kier molecular flexibility index (Phi) is 5.90. The Labute approximate surface area is 137 Å². The molecule has 2 rings (SSSR count). The molecule has 5 nitrogen and oxygen atoms in total. The summed E-state index contributed by atoms with van der Waals surface area (Å²) in [6.45, 7) is 2.11. The molecule has 0 bridgehead atoms. The van der Waals surface area contributed by atoms with Crippen molar-refractivity contribution in [1.82, 2.24) is 9.80 Å². The molecule has 0 saturated heterocycles. The molecule has 0 unspecified atom stereocenters. The fraction of sp³-hybridized carbons (Fsp3) is 0.500. The SMILES string of the molecule is CCC(=O)N(CC(=O)c1ccccc1)C(=O)N(C)CCC1CC1. The van der Waals surface area contributed by atoms with Crippen molar-refractivity contribution in [2.75, 3.05) is 20.1 Å². The Hall–Kier alpha value is -2.17. The van der Waals surface area contributed by atoms with E-state index in [1.54, 1.807) is 43.1 Å². The zero-order valence-corrected chi connectivity index (χ0v) is 13.8. The van der Waals surface area contributed by atoms with Gasteiger partial charge in [-0.1, -0.05) is 50.1 Å². The molecular formula is C18H24N2O3. The number of rotatable bonds is 7. The summed E-state index contributed by atoms with van der Waals surface area (Å²) in [5.41, 5.74) is 0.509. The first kappa shape index (κ1) is 17.2. The van der Waals surface area contributed by atoms with E-state index in [4.69, 9.17) is 0 Å². The molecule has 0 spiro atoms. The summed E-state index contributed by atoms with van der Waals surface area (Å²) in [5, 5.41) is 0. The molecular weight excluding hydrogens is 292 g/mol. The lowest BCUT2D eigenvalue weighted by atomic mass is 10.1. The highest BCUT2D eigenvalue weighted by Gasteiger charge is 2.28. The topological polar surface area (TPSA) is 57.7 Å². The molecule has 3 amide bonds. The van der Waals surface area contributed by atoms with E-state index in [1.807, 2.05) is 6.07 Å². The third-order valence-electron chi connectivity index (χ3n) is 4.13. The van der Waals surface area contributed by atoms with E-state index in [-0.39, 0.29) is 30.7 Å². The van der Waals surface area contributed by atoms with Crippen LogP contribution in [0.4, 0.5) is 4.79 Å². The summed E-state index contributed by atoms with van der Waals surface area (Å²) in [7, 11) is 1.69. The second-order valence-electron chi connectivity index (χ2n) is 6.06. The van der Waals surface area contributed by atoms with Gasteiger partial charge in [0, 0.05) is 25.6 Å². The molecule has 0 aromatic heterocycles. The number of ketones is 1. The van der Waals surface area contributed by atoms with Gasteiger partial charge >= 0.3 is 6.03 Å². The highest BCUT2D eigenvalue weighted by atomic mass is 16.2. The summed E-state index contributed by atoms with van der Waals surface area (Å²) in [6, 6.07) is 8.35. The Morgan fingerprint density at radius 2 is 1.78 bits per heavy atom. The van der Waals surface area contributed by atoms with Crippen molar-refractivity contribution in [3.63, 3.8) is 0 Å². The quantitative estimate of drug-likeness (QED) is 0.727. The predicted octanol–water partition coefficient (Wildman–Crippen LogP) is 2.96. The van der Waals surface area contributed by atoms with Gasteiger partial charge < -0.3 is 4.90 Å². The Morgan fingerprint density at radius 3 is 2.35 bits per heavy atom. The minimum atomic E-state index is -0.387. The van der Waals surface area contributed by atoms with Crippen LogP contribution in [0.2, 0.25) is 0 Å². The highest BCUT2D eigenvalue weighted by molar-refractivity contribution is 6.04. The van der Waals surface area contributed by atoms with Gasteiger partial charge in [-0.3, -0.25) is 14.5 Å². The number of carbonyl (C=O) groups excluding carboxylic acids is 3. The lowest BCUT2D eigenvalue weighted by molar-refractivity contribution is -0.128. The first-order valence-corrected chi connectivity index (χ1v) is 8.16. The van der Waals surface area contributed by atoms with E-state index in [1.165, 1.54) is 12.8 Å². The number of Topliss-reactive ketones (excluding diaryl/α,β-unsaturated/α-hetero) is 1. The second kappa shape index (κ2) is 7.90. The van der Waals surface area contributed by atoms with Gasteiger partial charge in [0.25, 0.3) is 0 Å². The fourth-order valence-corrected chi connectivity index (χ4v) is 2.40. The monoisotopic (exact) mass is 316 g/mol. The molecule has 5 heteroatoms. The molecule has 0 N–H and O–H groups in total. The van der Waals surface area contributed by atoms with Crippen LogP contribution in [0.15, 0.2) is 30.3 Å². The van der Waals surface area contributed by atoms with Gasteiger partial charge in [-0.2, -0.15) is 0 Å². The highest BCUT2D eigenvalue weighted by Crippen LogP contribution is 2.32. The molecule has 124 valence electrons. The number of imide groups is 1. The first-order chi connectivity index (χ1) is 11.0. The van der Waals surface area contributed by atoms with Crippen molar-refractivity contribution in [2.45, 2.75) is 32.6 Å². The minimum absolute atomic E-state index is 0.199. The van der Waals surface area contributed by atoms with Gasteiger partial charge in [0.05, 0.1) is 6.54 Å². The smallest absolute Gasteiger partial charge is 0.326 e. The molecule has 1 aromatic carbocycles. The maximum Gasteiger partial charge on any atom is 0.326 e. The average molecular weight is 316 g/mol.